The van der Waals surface area contributed by atoms with Crippen LogP contribution in [-0.4, -0.2) is 17.3 Å². The molecule has 1 heterocycles. The van der Waals surface area contributed by atoms with E-state index in [1.54, 1.807) is 0 Å². The number of alkyl halides is 2. The Kier molecular flexibility index (Phi) is 5.83. The molecule has 0 saturated heterocycles. The van der Waals surface area contributed by atoms with Gasteiger partial charge in [-0.2, -0.15) is 0 Å². The smallest absolute Gasteiger partial charge is 0.110 e. The first-order chi connectivity index (χ1) is 18.0. The van der Waals surface area contributed by atoms with Crippen molar-refractivity contribution in [3.8, 4) is 11.3 Å². The van der Waals surface area contributed by atoms with Crippen LogP contribution >= 0.6 is 0 Å². The maximum absolute atomic E-state index is 15.4. The molecule has 0 bridgehead atoms. The Morgan fingerprint density at radius 2 is 1.39 bits per heavy atom. The molecule has 0 amide bonds. The molecule has 0 aliphatic heterocycles. The Morgan fingerprint density at radius 1 is 0.737 bits per heavy atom. The molecule has 3 heteroatoms. The van der Waals surface area contributed by atoms with Crippen molar-refractivity contribution in [3.05, 3.63) is 90.1 Å². The zero-order valence-electron chi connectivity index (χ0n) is 22.9. The van der Waals surface area contributed by atoms with Crippen molar-refractivity contribution in [2.75, 3.05) is 0 Å². The normalized spacial score (nSPS) is 21.8. The lowest BCUT2D eigenvalue weighted by atomic mass is 9.68. The molecular weight excluding hydrogens is 472 g/mol. The number of benzene rings is 4. The second-order valence-corrected chi connectivity index (χ2v) is 12.9. The minimum Gasteiger partial charge on any atom is -0.256 e. The molecule has 0 spiro atoms. The fourth-order valence-corrected chi connectivity index (χ4v) is 6.65. The molecule has 1 fully saturated rings. The number of rotatable bonds is 2. The van der Waals surface area contributed by atoms with Crippen molar-refractivity contribution in [1.29, 1.82) is 0 Å². The van der Waals surface area contributed by atoms with E-state index in [1.807, 2.05) is 44.3 Å². The predicted octanol–water partition coefficient (Wildman–Crippen LogP) is 10.1. The fraction of sp³-hybridized carbons (Fsp3) is 0.343. The standard InChI is InChI=1S/C35H35F2N/c1-34(2,3)29-18-22(17-21-9-6-7-10-23(21)29)33-28-14-13-25-24(26(28)15-16-38-33)11-8-12-27(25)32-30(36)19-35(4,5)20-31(32)37/h6-18,30-32H,19-20H2,1-5H3. The van der Waals surface area contributed by atoms with Crippen LogP contribution < -0.4 is 0 Å². The van der Waals surface area contributed by atoms with Gasteiger partial charge in [-0.3, -0.25) is 4.98 Å². The van der Waals surface area contributed by atoms with Gasteiger partial charge in [0, 0.05) is 23.1 Å². The van der Waals surface area contributed by atoms with Crippen LogP contribution in [0.5, 0.6) is 0 Å². The third-order valence-electron chi connectivity index (χ3n) is 8.41. The van der Waals surface area contributed by atoms with E-state index in [1.165, 1.54) is 16.3 Å². The third kappa shape index (κ3) is 4.17. The number of hydrogen-bond acceptors (Lipinski definition) is 1. The molecule has 5 aromatic rings. The van der Waals surface area contributed by atoms with Crippen LogP contribution in [-0.2, 0) is 5.41 Å². The molecule has 0 N–H and O–H groups in total. The van der Waals surface area contributed by atoms with Gasteiger partial charge in [-0.15, -0.1) is 0 Å². The maximum atomic E-state index is 15.4. The van der Waals surface area contributed by atoms with E-state index in [0.29, 0.717) is 12.8 Å². The van der Waals surface area contributed by atoms with Gasteiger partial charge in [-0.05, 0) is 79.9 Å². The molecule has 1 aliphatic rings. The van der Waals surface area contributed by atoms with Crippen molar-refractivity contribution < 1.29 is 8.78 Å². The molecule has 38 heavy (non-hydrogen) atoms. The summed E-state index contributed by atoms with van der Waals surface area (Å²) >= 11 is 0. The molecule has 0 radical (unpaired) electrons. The van der Waals surface area contributed by atoms with Gasteiger partial charge >= 0.3 is 0 Å². The zero-order valence-corrected chi connectivity index (χ0v) is 22.9. The SMILES string of the molecule is CC1(C)CC(F)C(c2cccc3c2ccc2c(-c4cc(C(C)(C)C)c5ccccc5c4)nccc23)C(F)C1. The third-order valence-corrected chi connectivity index (χ3v) is 8.41. The number of aromatic nitrogens is 1. The van der Waals surface area contributed by atoms with Crippen molar-refractivity contribution in [2.24, 2.45) is 5.41 Å². The van der Waals surface area contributed by atoms with Gasteiger partial charge in [0.05, 0.1) is 5.69 Å². The summed E-state index contributed by atoms with van der Waals surface area (Å²) in [6, 6.07) is 25.1. The lowest BCUT2D eigenvalue weighted by molar-refractivity contribution is 0.0465. The molecule has 194 valence electrons. The highest BCUT2D eigenvalue weighted by Crippen LogP contribution is 2.48. The van der Waals surface area contributed by atoms with E-state index >= 15 is 8.78 Å². The van der Waals surface area contributed by atoms with E-state index < -0.39 is 18.3 Å². The summed E-state index contributed by atoms with van der Waals surface area (Å²) in [6.07, 6.45) is 0.227. The van der Waals surface area contributed by atoms with Crippen LogP contribution in [0.4, 0.5) is 8.78 Å². The van der Waals surface area contributed by atoms with Crippen LogP contribution in [0.2, 0.25) is 0 Å². The van der Waals surface area contributed by atoms with Crippen molar-refractivity contribution >= 4 is 32.3 Å². The summed E-state index contributed by atoms with van der Waals surface area (Å²) in [6.45, 7) is 10.7. The zero-order chi connectivity index (χ0) is 26.8. The fourth-order valence-electron chi connectivity index (χ4n) is 6.65. The summed E-state index contributed by atoms with van der Waals surface area (Å²) in [5.74, 6) is -0.736. The highest BCUT2D eigenvalue weighted by Gasteiger charge is 2.43. The van der Waals surface area contributed by atoms with Crippen LogP contribution in [0.25, 0.3) is 43.6 Å². The molecule has 4 aromatic carbocycles. The Hall–Kier alpha value is -3.33. The Labute approximate surface area is 223 Å². The number of hydrogen-bond donors (Lipinski definition) is 0. The maximum Gasteiger partial charge on any atom is 0.110 e. The van der Waals surface area contributed by atoms with Crippen molar-refractivity contribution in [1.82, 2.24) is 4.98 Å². The van der Waals surface area contributed by atoms with E-state index in [2.05, 4.69) is 69.3 Å². The highest BCUT2D eigenvalue weighted by atomic mass is 19.1. The molecule has 1 nitrogen and oxygen atoms in total. The second-order valence-electron chi connectivity index (χ2n) is 12.9. The number of halogens is 2. The van der Waals surface area contributed by atoms with Crippen LogP contribution in [0.15, 0.2) is 79.0 Å². The molecule has 1 aliphatic carbocycles. The largest absolute Gasteiger partial charge is 0.256 e. The Morgan fingerprint density at radius 3 is 2.13 bits per heavy atom. The first-order valence-electron chi connectivity index (χ1n) is 13.7. The van der Waals surface area contributed by atoms with E-state index in [4.69, 9.17) is 4.98 Å². The quantitative estimate of drug-likeness (QED) is 0.217. The van der Waals surface area contributed by atoms with Gasteiger partial charge in [0.15, 0.2) is 0 Å². The van der Waals surface area contributed by atoms with E-state index in [9.17, 15) is 0 Å². The lowest BCUT2D eigenvalue weighted by Gasteiger charge is -2.40. The topological polar surface area (TPSA) is 12.9 Å². The first kappa shape index (κ1) is 25.0. The van der Waals surface area contributed by atoms with Crippen molar-refractivity contribution in [2.45, 2.75) is 71.1 Å². The molecule has 2 unspecified atom stereocenters. The van der Waals surface area contributed by atoms with E-state index in [0.717, 1.165) is 38.4 Å². The van der Waals surface area contributed by atoms with Gasteiger partial charge in [-0.25, -0.2) is 8.78 Å². The van der Waals surface area contributed by atoms with Gasteiger partial charge in [0.2, 0.25) is 0 Å². The molecular formula is C35H35F2N. The lowest BCUT2D eigenvalue weighted by Crippen LogP contribution is -2.38. The molecule has 2 atom stereocenters. The van der Waals surface area contributed by atoms with Crippen LogP contribution in [0, 0.1) is 5.41 Å². The summed E-state index contributed by atoms with van der Waals surface area (Å²) in [5.41, 5.74) is 3.73. The van der Waals surface area contributed by atoms with E-state index in [-0.39, 0.29) is 10.8 Å². The number of fused-ring (bicyclic) bond motifs is 4. The average molecular weight is 508 g/mol. The summed E-state index contributed by atoms with van der Waals surface area (Å²) < 4.78 is 30.8. The minimum atomic E-state index is -1.20. The summed E-state index contributed by atoms with van der Waals surface area (Å²) in [7, 11) is 0. The second kappa shape index (κ2) is 8.86. The van der Waals surface area contributed by atoms with Crippen LogP contribution in [0.1, 0.15) is 64.5 Å². The Bertz CT molecular complexity index is 1660. The predicted molar refractivity (Wildman–Crippen MR) is 156 cm³/mol. The molecule has 1 aromatic heterocycles. The Balaban J connectivity index is 1.55. The van der Waals surface area contributed by atoms with Crippen molar-refractivity contribution in [3.63, 3.8) is 0 Å². The summed E-state index contributed by atoms with van der Waals surface area (Å²) in [5, 5.41) is 6.51. The highest BCUT2D eigenvalue weighted by molar-refractivity contribution is 6.12. The minimum absolute atomic E-state index is 0.0256. The van der Waals surface area contributed by atoms with Gasteiger partial charge < -0.3 is 0 Å². The van der Waals surface area contributed by atoms with Gasteiger partial charge in [0.1, 0.15) is 12.3 Å². The first-order valence-corrected chi connectivity index (χ1v) is 13.7. The number of nitrogens with zero attached hydrogens (tertiary/aromatic N) is 1. The summed E-state index contributed by atoms with van der Waals surface area (Å²) in [4.78, 5) is 4.85. The van der Waals surface area contributed by atoms with Crippen LogP contribution in [0.3, 0.4) is 0 Å². The molecule has 1 saturated carbocycles. The monoisotopic (exact) mass is 507 g/mol. The molecule has 6 rings (SSSR count). The van der Waals surface area contributed by atoms with Gasteiger partial charge in [0.25, 0.3) is 0 Å². The average Bonchev–Trinajstić information content (AvgIpc) is 2.86. The van der Waals surface area contributed by atoms with Gasteiger partial charge in [-0.1, -0.05) is 89.2 Å². The number of pyridine rings is 1.